The molecule has 0 radical (unpaired) electrons. The van der Waals surface area contributed by atoms with Gasteiger partial charge < -0.3 is 19.9 Å². The van der Waals surface area contributed by atoms with Gasteiger partial charge in [0.2, 0.25) is 5.91 Å². The summed E-state index contributed by atoms with van der Waals surface area (Å²) in [5.41, 5.74) is 0. The molecule has 2 N–H and O–H groups in total. The van der Waals surface area contributed by atoms with Crippen molar-refractivity contribution in [2.24, 2.45) is 0 Å². The Labute approximate surface area is 108 Å². The number of methoxy groups -OCH3 is 1. The van der Waals surface area contributed by atoms with E-state index in [0.717, 1.165) is 12.8 Å². The van der Waals surface area contributed by atoms with Crippen LogP contribution in [0, 0.1) is 0 Å². The van der Waals surface area contributed by atoms with Crippen LogP contribution in [0.2, 0.25) is 0 Å². The number of ether oxygens (including phenoxy) is 2. The fourth-order valence-electron chi connectivity index (χ4n) is 2.03. The maximum absolute atomic E-state index is 11.8. The average Bonchev–Trinajstić information content (AvgIpc) is 2.29. The monoisotopic (exact) mass is 260 g/mol. The minimum atomic E-state index is -0.559. The quantitative estimate of drug-likeness (QED) is 0.628. The molecule has 0 aromatic carbocycles. The van der Waals surface area contributed by atoms with Gasteiger partial charge >= 0.3 is 0 Å². The average molecular weight is 260 g/mol. The summed E-state index contributed by atoms with van der Waals surface area (Å²) in [7, 11) is 3.35. The molecule has 6 heteroatoms. The maximum Gasteiger partial charge on any atom is 0.234 e. The highest BCUT2D eigenvalue weighted by Gasteiger charge is 2.17. The summed E-state index contributed by atoms with van der Waals surface area (Å²) in [4.78, 5) is 13.5. The predicted octanol–water partition coefficient (Wildman–Crippen LogP) is -0.779. The number of nitrogens with one attached hydrogen (secondary N) is 1. The van der Waals surface area contributed by atoms with E-state index in [1.165, 1.54) is 0 Å². The molecule has 18 heavy (non-hydrogen) atoms. The lowest BCUT2D eigenvalue weighted by Crippen LogP contribution is -2.45. The molecule has 0 saturated carbocycles. The Hall–Kier alpha value is -0.690. The van der Waals surface area contributed by atoms with Crippen LogP contribution in [0.25, 0.3) is 0 Å². The number of carbonyl (C=O) groups is 1. The summed E-state index contributed by atoms with van der Waals surface area (Å²) in [5.74, 6) is -0.00554. The predicted molar refractivity (Wildman–Crippen MR) is 67.4 cm³/mol. The zero-order chi connectivity index (χ0) is 13.4. The van der Waals surface area contributed by atoms with Gasteiger partial charge in [0.1, 0.15) is 0 Å². The zero-order valence-electron chi connectivity index (χ0n) is 11.2. The molecule has 0 aliphatic carbocycles. The van der Waals surface area contributed by atoms with E-state index >= 15 is 0 Å². The summed E-state index contributed by atoms with van der Waals surface area (Å²) in [5, 5.41) is 12.5. The highest BCUT2D eigenvalue weighted by Crippen LogP contribution is 2.05. The molecule has 1 atom stereocenters. The lowest BCUT2D eigenvalue weighted by Gasteiger charge is -2.25. The molecule has 106 valence electrons. The molecule has 1 amide bonds. The van der Waals surface area contributed by atoms with Crippen molar-refractivity contribution in [2.75, 3.05) is 47.1 Å². The van der Waals surface area contributed by atoms with Crippen LogP contribution in [0.4, 0.5) is 0 Å². The molecule has 0 spiro atoms. The Bertz CT molecular complexity index is 244. The lowest BCUT2D eigenvalue weighted by atomic mass is 10.1. The van der Waals surface area contributed by atoms with Gasteiger partial charge in [0.25, 0.3) is 0 Å². The van der Waals surface area contributed by atoms with Crippen LogP contribution in [-0.2, 0) is 14.3 Å². The molecule has 1 heterocycles. The van der Waals surface area contributed by atoms with Gasteiger partial charge in [-0.3, -0.25) is 9.69 Å². The number of aliphatic hydroxyl groups is 1. The molecular weight excluding hydrogens is 236 g/mol. The molecule has 1 fully saturated rings. The second-order valence-corrected chi connectivity index (χ2v) is 4.76. The Morgan fingerprint density at radius 2 is 2.22 bits per heavy atom. The van der Waals surface area contributed by atoms with Gasteiger partial charge in [0.05, 0.1) is 19.3 Å². The SMILES string of the molecule is COCC(O)CN(C)CC(=O)NC1CCOCC1. The lowest BCUT2D eigenvalue weighted by molar-refractivity contribution is -0.123. The summed E-state index contributed by atoms with van der Waals surface area (Å²) >= 11 is 0. The molecule has 0 aromatic heterocycles. The first-order valence-electron chi connectivity index (χ1n) is 6.34. The Kier molecular flexibility index (Phi) is 7.19. The largest absolute Gasteiger partial charge is 0.389 e. The zero-order valence-corrected chi connectivity index (χ0v) is 11.2. The molecule has 6 nitrogen and oxygen atoms in total. The molecule has 1 aliphatic heterocycles. The summed E-state index contributed by atoms with van der Waals surface area (Å²) in [6.45, 7) is 2.43. The van der Waals surface area contributed by atoms with Crippen molar-refractivity contribution in [1.82, 2.24) is 10.2 Å². The highest BCUT2D eigenvalue weighted by molar-refractivity contribution is 5.78. The number of rotatable bonds is 7. The van der Waals surface area contributed by atoms with Gasteiger partial charge in [-0.05, 0) is 19.9 Å². The second-order valence-electron chi connectivity index (χ2n) is 4.76. The number of aliphatic hydroxyl groups excluding tert-OH is 1. The topological polar surface area (TPSA) is 71.0 Å². The van der Waals surface area contributed by atoms with E-state index in [-0.39, 0.29) is 25.1 Å². The van der Waals surface area contributed by atoms with E-state index in [1.807, 2.05) is 7.05 Å². The summed E-state index contributed by atoms with van der Waals surface area (Å²) in [6.07, 6.45) is 1.19. The molecule has 1 aliphatic rings. The van der Waals surface area contributed by atoms with Crippen molar-refractivity contribution < 1.29 is 19.4 Å². The molecule has 1 rings (SSSR count). The van der Waals surface area contributed by atoms with Crippen LogP contribution in [0.3, 0.4) is 0 Å². The number of hydrogen-bond donors (Lipinski definition) is 2. The number of hydrogen-bond acceptors (Lipinski definition) is 5. The number of amides is 1. The van der Waals surface area contributed by atoms with Crippen LogP contribution in [0.5, 0.6) is 0 Å². The van der Waals surface area contributed by atoms with E-state index in [9.17, 15) is 9.90 Å². The van der Waals surface area contributed by atoms with Gasteiger partial charge in [0, 0.05) is 32.9 Å². The molecule has 0 bridgehead atoms. The molecule has 1 unspecified atom stereocenters. The van der Waals surface area contributed by atoms with E-state index in [0.29, 0.717) is 19.8 Å². The van der Waals surface area contributed by atoms with Gasteiger partial charge in [-0.15, -0.1) is 0 Å². The summed E-state index contributed by atoms with van der Waals surface area (Å²) < 4.78 is 10.1. The third-order valence-corrected chi connectivity index (χ3v) is 2.88. The van der Waals surface area contributed by atoms with E-state index in [4.69, 9.17) is 9.47 Å². The van der Waals surface area contributed by atoms with Crippen LogP contribution < -0.4 is 5.32 Å². The molecule has 1 saturated heterocycles. The van der Waals surface area contributed by atoms with Gasteiger partial charge in [-0.1, -0.05) is 0 Å². The minimum Gasteiger partial charge on any atom is -0.389 e. The fraction of sp³-hybridized carbons (Fsp3) is 0.917. The second kappa shape index (κ2) is 8.42. The smallest absolute Gasteiger partial charge is 0.234 e. The Balaban J connectivity index is 2.17. The van der Waals surface area contributed by atoms with E-state index in [1.54, 1.807) is 12.0 Å². The van der Waals surface area contributed by atoms with Crippen molar-refractivity contribution in [3.05, 3.63) is 0 Å². The highest BCUT2D eigenvalue weighted by atomic mass is 16.5. The fourth-order valence-corrected chi connectivity index (χ4v) is 2.03. The first kappa shape index (κ1) is 15.4. The van der Waals surface area contributed by atoms with Crippen molar-refractivity contribution in [3.63, 3.8) is 0 Å². The standard InChI is InChI=1S/C12H24N2O4/c1-14(7-11(15)9-17-2)8-12(16)13-10-3-5-18-6-4-10/h10-11,15H,3-9H2,1-2H3,(H,13,16). The van der Waals surface area contributed by atoms with Crippen molar-refractivity contribution in [3.8, 4) is 0 Å². The van der Waals surface area contributed by atoms with Crippen LogP contribution in [-0.4, -0.2) is 75.1 Å². The van der Waals surface area contributed by atoms with Crippen molar-refractivity contribution in [1.29, 1.82) is 0 Å². The normalized spacial score (nSPS) is 18.9. The van der Waals surface area contributed by atoms with Crippen LogP contribution >= 0.6 is 0 Å². The van der Waals surface area contributed by atoms with Gasteiger partial charge in [0.15, 0.2) is 0 Å². The third kappa shape index (κ3) is 6.30. The van der Waals surface area contributed by atoms with Crippen LogP contribution in [0.1, 0.15) is 12.8 Å². The third-order valence-electron chi connectivity index (χ3n) is 2.88. The molecular formula is C12H24N2O4. The van der Waals surface area contributed by atoms with E-state index < -0.39 is 6.10 Å². The number of likely N-dealkylation sites (N-methyl/N-ethyl adjacent to an activating group) is 1. The minimum absolute atomic E-state index is 0.00554. The van der Waals surface area contributed by atoms with Crippen LogP contribution in [0.15, 0.2) is 0 Å². The Morgan fingerprint density at radius 1 is 1.56 bits per heavy atom. The Morgan fingerprint density at radius 3 is 2.83 bits per heavy atom. The van der Waals surface area contributed by atoms with Crippen molar-refractivity contribution in [2.45, 2.75) is 25.0 Å². The first-order chi connectivity index (χ1) is 8.61. The van der Waals surface area contributed by atoms with E-state index in [2.05, 4.69) is 5.32 Å². The number of carbonyl (C=O) groups excluding carboxylic acids is 1. The van der Waals surface area contributed by atoms with Gasteiger partial charge in [-0.2, -0.15) is 0 Å². The first-order valence-corrected chi connectivity index (χ1v) is 6.34. The summed E-state index contributed by atoms with van der Waals surface area (Å²) in [6, 6.07) is 0.226. The van der Waals surface area contributed by atoms with Crippen molar-refractivity contribution >= 4 is 5.91 Å². The maximum atomic E-state index is 11.8. The number of nitrogens with zero attached hydrogens (tertiary/aromatic N) is 1. The van der Waals surface area contributed by atoms with Gasteiger partial charge in [-0.25, -0.2) is 0 Å². The molecule has 0 aromatic rings.